The van der Waals surface area contributed by atoms with Crippen LogP contribution in [-0.4, -0.2) is 31.9 Å². The molecule has 24 heavy (non-hydrogen) atoms. The number of tetrazole rings is 1. The topological polar surface area (TPSA) is 72.7 Å². The highest BCUT2D eigenvalue weighted by molar-refractivity contribution is 8.00. The van der Waals surface area contributed by atoms with E-state index in [0.717, 1.165) is 16.1 Å². The lowest BCUT2D eigenvalue weighted by atomic mass is 10.2. The fourth-order valence-electron chi connectivity index (χ4n) is 2.08. The molecule has 0 aliphatic heterocycles. The predicted molar refractivity (Wildman–Crippen MR) is 89.6 cm³/mol. The number of thioether (sulfide) groups is 1. The third-order valence-electron chi connectivity index (χ3n) is 3.27. The maximum atomic E-state index is 12.9. The van der Waals surface area contributed by atoms with Gasteiger partial charge in [0.05, 0.1) is 11.4 Å². The van der Waals surface area contributed by atoms with Gasteiger partial charge in [-0.3, -0.25) is 4.79 Å². The lowest BCUT2D eigenvalue weighted by Crippen LogP contribution is -2.14. The van der Waals surface area contributed by atoms with Crippen molar-refractivity contribution >= 4 is 23.4 Å². The molecule has 122 valence electrons. The smallest absolute Gasteiger partial charge is 0.234 e. The third kappa shape index (κ3) is 3.96. The van der Waals surface area contributed by atoms with Crippen molar-refractivity contribution in [3.05, 3.63) is 60.2 Å². The number of anilines is 1. The Balaban J connectivity index is 1.64. The highest BCUT2D eigenvalue weighted by Crippen LogP contribution is 2.20. The predicted octanol–water partition coefficient (Wildman–Crippen LogP) is 2.84. The van der Waals surface area contributed by atoms with Gasteiger partial charge in [-0.25, -0.2) is 9.07 Å². The number of halogens is 1. The van der Waals surface area contributed by atoms with Gasteiger partial charge in [0.1, 0.15) is 12.1 Å². The molecule has 0 atom stereocenters. The molecule has 0 aliphatic rings. The molecule has 0 bridgehead atoms. The molecule has 1 N–H and O–H groups in total. The zero-order valence-corrected chi connectivity index (χ0v) is 13.6. The number of benzene rings is 2. The van der Waals surface area contributed by atoms with Gasteiger partial charge >= 0.3 is 0 Å². The van der Waals surface area contributed by atoms with E-state index in [1.54, 1.807) is 12.1 Å². The van der Waals surface area contributed by atoms with Gasteiger partial charge in [0.15, 0.2) is 0 Å². The van der Waals surface area contributed by atoms with Crippen molar-refractivity contribution in [3.8, 4) is 5.69 Å². The monoisotopic (exact) mass is 343 g/mol. The molecule has 0 saturated carbocycles. The molecular formula is C16H14FN5OS. The Labute approximate surface area is 142 Å². The van der Waals surface area contributed by atoms with Crippen molar-refractivity contribution in [1.29, 1.82) is 0 Å². The zero-order chi connectivity index (χ0) is 16.9. The van der Waals surface area contributed by atoms with Gasteiger partial charge in [0.2, 0.25) is 5.91 Å². The van der Waals surface area contributed by atoms with E-state index >= 15 is 0 Å². The summed E-state index contributed by atoms with van der Waals surface area (Å²) in [4.78, 5) is 12.9. The summed E-state index contributed by atoms with van der Waals surface area (Å²) in [5, 5.41) is 13.9. The first-order valence-electron chi connectivity index (χ1n) is 7.14. The normalized spacial score (nSPS) is 10.6. The number of nitrogens with one attached hydrogen (secondary N) is 1. The lowest BCUT2D eigenvalue weighted by molar-refractivity contribution is -0.113. The Bertz CT molecular complexity index is 836. The number of aromatic nitrogens is 4. The quantitative estimate of drug-likeness (QED) is 0.721. The Kier molecular flexibility index (Phi) is 4.85. The van der Waals surface area contributed by atoms with Crippen molar-refractivity contribution in [2.24, 2.45) is 0 Å². The minimum absolute atomic E-state index is 0.143. The fourth-order valence-corrected chi connectivity index (χ4v) is 2.78. The molecule has 1 amide bonds. The largest absolute Gasteiger partial charge is 0.325 e. The molecule has 0 aliphatic carbocycles. The van der Waals surface area contributed by atoms with E-state index in [1.807, 2.05) is 25.1 Å². The number of hydrogen-bond donors (Lipinski definition) is 1. The molecule has 3 rings (SSSR count). The van der Waals surface area contributed by atoms with Gasteiger partial charge in [-0.1, -0.05) is 6.07 Å². The number of hydrogen-bond acceptors (Lipinski definition) is 5. The van der Waals surface area contributed by atoms with E-state index in [2.05, 4.69) is 20.8 Å². The zero-order valence-electron chi connectivity index (χ0n) is 12.8. The number of nitrogens with zero attached hydrogens (tertiary/aromatic N) is 4. The maximum absolute atomic E-state index is 12.9. The maximum Gasteiger partial charge on any atom is 0.234 e. The number of rotatable bonds is 5. The summed E-state index contributed by atoms with van der Waals surface area (Å²) in [6.07, 6.45) is 1.50. The molecule has 1 heterocycles. The summed E-state index contributed by atoms with van der Waals surface area (Å²) in [6.45, 7) is 1.94. The number of amides is 1. The molecule has 6 nitrogen and oxygen atoms in total. The second-order valence-corrected chi connectivity index (χ2v) is 6.10. The Morgan fingerprint density at radius 2 is 2.04 bits per heavy atom. The standard InChI is InChI=1S/C16H14FN5OS/c1-11-2-5-13(8-15(11)22-10-18-20-21-22)19-16(23)9-24-14-6-3-12(17)4-7-14/h2-8,10H,9H2,1H3,(H,19,23). The van der Waals surface area contributed by atoms with Crippen molar-refractivity contribution in [2.45, 2.75) is 11.8 Å². The van der Waals surface area contributed by atoms with E-state index in [4.69, 9.17) is 0 Å². The van der Waals surface area contributed by atoms with Crippen LogP contribution in [0.15, 0.2) is 53.7 Å². The molecule has 3 aromatic rings. The fraction of sp³-hybridized carbons (Fsp3) is 0.125. The van der Waals surface area contributed by atoms with E-state index in [-0.39, 0.29) is 17.5 Å². The highest BCUT2D eigenvalue weighted by atomic mass is 32.2. The Hall–Kier alpha value is -2.74. The molecule has 2 aromatic carbocycles. The second-order valence-electron chi connectivity index (χ2n) is 5.05. The second kappa shape index (κ2) is 7.22. The van der Waals surface area contributed by atoms with E-state index in [0.29, 0.717) is 5.69 Å². The van der Waals surface area contributed by atoms with Gasteiger partial charge in [0.25, 0.3) is 0 Å². The highest BCUT2D eigenvalue weighted by Gasteiger charge is 2.08. The Morgan fingerprint density at radius 1 is 1.25 bits per heavy atom. The molecule has 1 aromatic heterocycles. The van der Waals surface area contributed by atoms with Gasteiger partial charge in [0, 0.05) is 10.6 Å². The molecule has 0 radical (unpaired) electrons. The Morgan fingerprint density at radius 3 is 2.75 bits per heavy atom. The van der Waals surface area contributed by atoms with Gasteiger partial charge in [-0.2, -0.15) is 0 Å². The molecular weight excluding hydrogens is 329 g/mol. The van der Waals surface area contributed by atoms with Crippen LogP contribution in [0, 0.1) is 12.7 Å². The molecule has 0 fully saturated rings. The van der Waals surface area contributed by atoms with Crippen LogP contribution in [0.25, 0.3) is 5.69 Å². The summed E-state index contributed by atoms with van der Waals surface area (Å²) < 4.78 is 14.4. The molecule has 0 saturated heterocycles. The van der Waals surface area contributed by atoms with Gasteiger partial charge in [-0.05, 0) is 59.3 Å². The average molecular weight is 343 g/mol. The molecule has 0 spiro atoms. The van der Waals surface area contributed by atoms with E-state index in [9.17, 15) is 9.18 Å². The van der Waals surface area contributed by atoms with Crippen LogP contribution in [0.2, 0.25) is 0 Å². The summed E-state index contributed by atoms with van der Waals surface area (Å²) >= 11 is 1.35. The number of carbonyl (C=O) groups excluding carboxylic acids is 1. The average Bonchev–Trinajstić information content (AvgIpc) is 3.10. The summed E-state index contributed by atoms with van der Waals surface area (Å²) in [5.74, 6) is -0.200. The summed E-state index contributed by atoms with van der Waals surface area (Å²) in [5.41, 5.74) is 2.45. The molecule has 8 heteroatoms. The van der Waals surface area contributed by atoms with Crippen molar-refractivity contribution in [3.63, 3.8) is 0 Å². The van der Waals surface area contributed by atoms with Crippen LogP contribution in [0.5, 0.6) is 0 Å². The number of carbonyl (C=O) groups is 1. The third-order valence-corrected chi connectivity index (χ3v) is 4.28. The minimum Gasteiger partial charge on any atom is -0.325 e. The molecule has 0 unspecified atom stereocenters. The van der Waals surface area contributed by atoms with Crippen LogP contribution < -0.4 is 5.32 Å². The van der Waals surface area contributed by atoms with Crippen molar-refractivity contribution in [1.82, 2.24) is 20.2 Å². The SMILES string of the molecule is Cc1ccc(NC(=O)CSc2ccc(F)cc2)cc1-n1cnnn1. The van der Waals surface area contributed by atoms with Crippen LogP contribution in [0.1, 0.15) is 5.56 Å². The minimum atomic E-state index is -0.293. The van der Waals surface area contributed by atoms with Crippen LogP contribution in [0.3, 0.4) is 0 Å². The van der Waals surface area contributed by atoms with Crippen LogP contribution >= 0.6 is 11.8 Å². The lowest BCUT2D eigenvalue weighted by Gasteiger charge is -2.09. The van der Waals surface area contributed by atoms with Gasteiger partial charge < -0.3 is 5.32 Å². The van der Waals surface area contributed by atoms with Crippen LogP contribution in [0.4, 0.5) is 10.1 Å². The van der Waals surface area contributed by atoms with Gasteiger partial charge in [-0.15, -0.1) is 16.9 Å². The number of aryl methyl sites for hydroxylation is 1. The van der Waals surface area contributed by atoms with E-state index < -0.39 is 0 Å². The first-order chi connectivity index (χ1) is 11.6. The van der Waals surface area contributed by atoms with Crippen molar-refractivity contribution < 1.29 is 9.18 Å². The first-order valence-corrected chi connectivity index (χ1v) is 8.12. The van der Waals surface area contributed by atoms with Crippen molar-refractivity contribution in [2.75, 3.05) is 11.1 Å². The van der Waals surface area contributed by atoms with E-state index in [1.165, 1.54) is 34.9 Å². The van der Waals surface area contributed by atoms with Crippen LogP contribution in [-0.2, 0) is 4.79 Å². The summed E-state index contributed by atoms with van der Waals surface area (Å²) in [6, 6.07) is 11.6. The summed E-state index contributed by atoms with van der Waals surface area (Å²) in [7, 11) is 0. The first kappa shape index (κ1) is 16.1.